The Balaban J connectivity index is 2.15. The van der Waals surface area contributed by atoms with Gasteiger partial charge >= 0.3 is 0 Å². The van der Waals surface area contributed by atoms with Crippen molar-refractivity contribution in [3.63, 3.8) is 0 Å². The van der Waals surface area contributed by atoms with E-state index in [-0.39, 0.29) is 0 Å². The van der Waals surface area contributed by atoms with Crippen molar-refractivity contribution < 1.29 is 0 Å². The van der Waals surface area contributed by atoms with Crippen molar-refractivity contribution in [2.24, 2.45) is 0 Å². The predicted molar refractivity (Wildman–Crippen MR) is 85.0 cm³/mol. The van der Waals surface area contributed by atoms with Gasteiger partial charge in [0, 0.05) is 22.2 Å². The average Bonchev–Trinajstić information content (AvgIpc) is 2.86. The molecular formula is C17H23NS. The van der Waals surface area contributed by atoms with Gasteiger partial charge in [-0.15, -0.1) is 11.3 Å². The lowest BCUT2D eigenvalue weighted by Crippen LogP contribution is -2.22. The molecule has 1 heterocycles. The van der Waals surface area contributed by atoms with Crippen molar-refractivity contribution in [2.75, 3.05) is 6.54 Å². The quantitative estimate of drug-likeness (QED) is 0.816. The molecule has 2 heteroatoms. The molecule has 1 aromatic heterocycles. The first-order valence-electron chi connectivity index (χ1n) is 7.10. The molecule has 0 bridgehead atoms. The smallest absolute Gasteiger partial charge is 0.0368 e. The summed E-state index contributed by atoms with van der Waals surface area (Å²) in [6.07, 6.45) is 2.23. The Morgan fingerprint density at radius 3 is 2.53 bits per heavy atom. The SMILES string of the molecule is CCNC(Cc1ccc(CC)s1)c1cccc(C)c1. The van der Waals surface area contributed by atoms with E-state index in [2.05, 4.69) is 62.5 Å². The van der Waals surface area contributed by atoms with E-state index >= 15 is 0 Å². The molecule has 19 heavy (non-hydrogen) atoms. The Labute approximate surface area is 120 Å². The highest BCUT2D eigenvalue weighted by Crippen LogP contribution is 2.24. The molecule has 0 radical (unpaired) electrons. The van der Waals surface area contributed by atoms with E-state index < -0.39 is 0 Å². The second-order valence-corrected chi connectivity index (χ2v) is 6.20. The molecule has 0 spiro atoms. The molecular weight excluding hydrogens is 250 g/mol. The fraction of sp³-hybridized carbons (Fsp3) is 0.412. The predicted octanol–water partition coefficient (Wildman–Crippen LogP) is 4.51. The highest BCUT2D eigenvalue weighted by Gasteiger charge is 2.12. The van der Waals surface area contributed by atoms with Gasteiger partial charge in [-0.05, 0) is 37.6 Å². The van der Waals surface area contributed by atoms with Crippen molar-refractivity contribution in [3.8, 4) is 0 Å². The maximum atomic E-state index is 3.61. The van der Waals surface area contributed by atoms with Crippen LogP contribution in [0.1, 0.15) is 40.8 Å². The van der Waals surface area contributed by atoms with Crippen LogP contribution in [0.4, 0.5) is 0 Å². The van der Waals surface area contributed by atoms with Crippen LogP contribution in [0.15, 0.2) is 36.4 Å². The Morgan fingerprint density at radius 2 is 1.89 bits per heavy atom. The van der Waals surface area contributed by atoms with Gasteiger partial charge in [0.2, 0.25) is 0 Å². The third kappa shape index (κ3) is 3.92. The van der Waals surface area contributed by atoms with Crippen molar-refractivity contribution in [3.05, 3.63) is 57.3 Å². The van der Waals surface area contributed by atoms with Gasteiger partial charge in [0.05, 0.1) is 0 Å². The molecule has 1 unspecified atom stereocenters. The monoisotopic (exact) mass is 273 g/mol. The van der Waals surface area contributed by atoms with E-state index in [0.717, 1.165) is 19.4 Å². The van der Waals surface area contributed by atoms with Crippen LogP contribution in [0.2, 0.25) is 0 Å². The normalized spacial score (nSPS) is 12.6. The van der Waals surface area contributed by atoms with Crippen LogP contribution < -0.4 is 5.32 Å². The maximum absolute atomic E-state index is 3.61. The minimum Gasteiger partial charge on any atom is -0.310 e. The number of thiophene rings is 1. The van der Waals surface area contributed by atoms with E-state index in [9.17, 15) is 0 Å². The van der Waals surface area contributed by atoms with Gasteiger partial charge in [0.25, 0.3) is 0 Å². The van der Waals surface area contributed by atoms with Crippen LogP contribution >= 0.6 is 11.3 Å². The zero-order valence-corrected chi connectivity index (χ0v) is 12.9. The minimum atomic E-state index is 0.424. The van der Waals surface area contributed by atoms with E-state index in [1.807, 2.05) is 11.3 Å². The number of nitrogens with one attached hydrogen (secondary N) is 1. The lowest BCUT2D eigenvalue weighted by Gasteiger charge is -2.18. The summed E-state index contributed by atoms with van der Waals surface area (Å²) in [5.74, 6) is 0. The lowest BCUT2D eigenvalue weighted by molar-refractivity contribution is 0.553. The number of aryl methyl sites for hydroxylation is 2. The van der Waals surface area contributed by atoms with E-state index in [1.54, 1.807) is 0 Å². The standard InChI is InChI=1S/C17H23NS/c1-4-15-9-10-16(19-15)12-17(18-5-2)14-8-6-7-13(3)11-14/h6-11,17-18H,4-5,12H2,1-3H3. The van der Waals surface area contributed by atoms with Gasteiger partial charge in [-0.1, -0.05) is 43.7 Å². The van der Waals surface area contributed by atoms with Crippen LogP contribution in [-0.4, -0.2) is 6.54 Å². The summed E-state index contributed by atoms with van der Waals surface area (Å²) in [5.41, 5.74) is 2.73. The number of rotatable bonds is 6. The molecule has 2 aromatic rings. The highest BCUT2D eigenvalue weighted by molar-refractivity contribution is 7.11. The zero-order valence-electron chi connectivity index (χ0n) is 12.1. The van der Waals surface area contributed by atoms with Crippen LogP contribution in [0.25, 0.3) is 0 Å². The largest absolute Gasteiger partial charge is 0.310 e. The van der Waals surface area contributed by atoms with Crippen LogP contribution in [0, 0.1) is 6.92 Å². The van der Waals surface area contributed by atoms with Crippen LogP contribution in [0.5, 0.6) is 0 Å². The van der Waals surface area contributed by atoms with Crippen LogP contribution in [-0.2, 0) is 12.8 Å². The molecule has 0 aliphatic carbocycles. The Kier molecular flexibility index (Phi) is 5.17. The van der Waals surface area contributed by atoms with Crippen molar-refractivity contribution >= 4 is 11.3 Å². The average molecular weight is 273 g/mol. The first-order chi connectivity index (χ1) is 9.22. The highest BCUT2D eigenvalue weighted by atomic mass is 32.1. The number of hydrogen-bond acceptors (Lipinski definition) is 2. The second-order valence-electron chi connectivity index (χ2n) is 4.95. The Bertz CT molecular complexity index is 515. The molecule has 0 aliphatic heterocycles. The van der Waals surface area contributed by atoms with Crippen molar-refractivity contribution in [1.29, 1.82) is 0 Å². The van der Waals surface area contributed by atoms with E-state index in [4.69, 9.17) is 0 Å². The molecule has 1 atom stereocenters. The summed E-state index contributed by atoms with van der Waals surface area (Å²) in [6.45, 7) is 7.56. The molecule has 0 amide bonds. The molecule has 0 fully saturated rings. The zero-order chi connectivity index (χ0) is 13.7. The third-order valence-corrected chi connectivity index (χ3v) is 4.62. The molecule has 1 nitrogen and oxygen atoms in total. The lowest BCUT2D eigenvalue weighted by atomic mass is 10.0. The summed E-state index contributed by atoms with van der Waals surface area (Å²) >= 11 is 1.95. The molecule has 0 saturated heterocycles. The number of likely N-dealkylation sites (N-methyl/N-ethyl adjacent to an activating group) is 1. The summed E-state index contributed by atoms with van der Waals surface area (Å²) in [4.78, 5) is 2.96. The third-order valence-electron chi connectivity index (χ3n) is 3.37. The molecule has 0 saturated carbocycles. The second kappa shape index (κ2) is 6.88. The Morgan fingerprint density at radius 1 is 1.11 bits per heavy atom. The maximum Gasteiger partial charge on any atom is 0.0368 e. The first-order valence-corrected chi connectivity index (χ1v) is 7.92. The molecule has 2 rings (SSSR count). The molecule has 0 aliphatic rings. The summed E-state index contributed by atoms with van der Waals surface area (Å²) < 4.78 is 0. The summed E-state index contributed by atoms with van der Waals surface area (Å²) in [6, 6.07) is 13.8. The Hall–Kier alpha value is -1.12. The van der Waals surface area contributed by atoms with Crippen LogP contribution in [0.3, 0.4) is 0 Å². The molecule has 1 aromatic carbocycles. The minimum absolute atomic E-state index is 0.424. The van der Waals surface area contributed by atoms with Crippen molar-refractivity contribution in [2.45, 2.75) is 39.7 Å². The molecule has 1 N–H and O–H groups in total. The fourth-order valence-electron chi connectivity index (χ4n) is 2.36. The van der Waals surface area contributed by atoms with E-state index in [0.29, 0.717) is 6.04 Å². The summed E-state index contributed by atoms with van der Waals surface area (Å²) in [5, 5.41) is 3.61. The van der Waals surface area contributed by atoms with Crippen molar-refractivity contribution in [1.82, 2.24) is 5.32 Å². The van der Waals surface area contributed by atoms with E-state index in [1.165, 1.54) is 20.9 Å². The number of hydrogen-bond donors (Lipinski definition) is 1. The first kappa shape index (κ1) is 14.3. The fourth-order valence-corrected chi connectivity index (χ4v) is 3.37. The molecule has 102 valence electrons. The number of benzene rings is 1. The summed E-state index contributed by atoms with van der Waals surface area (Å²) in [7, 11) is 0. The van der Waals surface area contributed by atoms with Gasteiger partial charge in [0.15, 0.2) is 0 Å². The van der Waals surface area contributed by atoms with Gasteiger partial charge in [-0.25, -0.2) is 0 Å². The van der Waals surface area contributed by atoms with Gasteiger partial charge in [0.1, 0.15) is 0 Å². The van der Waals surface area contributed by atoms with Gasteiger partial charge in [-0.3, -0.25) is 0 Å². The topological polar surface area (TPSA) is 12.0 Å². The van der Waals surface area contributed by atoms with Gasteiger partial charge < -0.3 is 5.32 Å². The van der Waals surface area contributed by atoms with Gasteiger partial charge in [-0.2, -0.15) is 0 Å².